The Morgan fingerprint density at radius 2 is 2.16 bits per heavy atom. The Kier molecular flexibility index (Phi) is 4.89. The molecule has 1 aliphatic rings. The number of rotatable bonds is 4. The number of anilines is 1. The van der Waals surface area contributed by atoms with Crippen molar-refractivity contribution in [3.63, 3.8) is 0 Å². The van der Waals surface area contributed by atoms with Crippen molar-refractivity contribution in [1.82, 2.24) is 0 Å². The van der Waals surface area contributed by atoms with Crippen LogP contribution in [-0.2, 0) is 15.3 Å². The maximum Gasteiger partial charge on any atom is 0.140 e. The molecule has 0 aromatic heterocycles. The van der Waals surface area contributed by atoms with Gasteiger partial charge in [0.25, 0.3) is 0 Å². The normalized spacial score (nSPS) is 18.2. The van der Waals surface area contributed by atoms with Gasteiger partial charge in [-0.1, -0.05) is 0 Å². The van der Waals surface area contributed by atoms with E-state index in [2.05, 4.69) is 0 Å². The van der Waals surface area contributed by atoms with Gasteiger partial charge >= 0.3 is 0 Å². The standard InChI is InChI=1S/C13H19NO3S2/c1-14(2)12-8-5-6-18-13(16-3)11(8)10(19-17-4)7-9(12)15/h7,13,15H,5-6H2,1-4H3/t13-/m1/s1. The zero-order chi connectivity index (χ0) is 14.0. The van der Waals surface area contributed by atoms with Crippen molar-refractivity contribution in [2.24, 2.45) is 0 Å². The summed E-state index contributed by atoms with van der Waals surface area (Å²) in [6, 6.07) is 1.76. The predicted octanol–water partition coefficient (Wildman–Crippen LogP) is 3.05. The molecule has 1 N–H and O–H groups in total. The smallest absolute Gasteiger partial charge is 0.140 e. The molecule has 1 atom stereocenters. The molecule has 1 aromatic rings. The molecule has 6 heteroatoms. The van der Waals surface area contributed by atoms with Crippen molar-refractivity contribution < 1.29 is 14.0 Å². The quantitative estimate of drug-likeness (QED) is 0.862. The van der Waals surface area contributed by atoms with Crippen LogP contribution in [-0.4, -0.2) is 39.2 Å². The van der Waals surface area contributed by atoms with Crippen LogP contribution in [0.1, 0.15) is 16.6 Å². The molecule has 0 saturated heterocycles. The van der Waals surface area contributed by atoms with E-state index in [4.69, 9.17) is 8.92 Å². The number of hydrogen-bond donors (Lipinski definition) is 1. The second-order valence-corrected chi connectivity index (χ2v) is 6.58. The third kappa shape index (κ3) is 2.81. The van der Waals surface area contributed by atoms with Crippen molar-refractivity contribution in [1.29, 1.82) is 0 Å². The van der Waals surface area contributed by atoms with Gasteiger partial charge in [-0.25, -0.2) is 0 Å². The summed E-state index contributed by atoms with van der Waals surface area (Å²) in [6.07, 6.45) is 0.930. The number of ether oxygens (including phenoxy) is 1. The minimum absolute atomic E-state index is 0.000648. The highest BCUT2D eigenvalue weighted by molar-refractivity contribution is 7.99. The van der Waals surface area contributed by atoms with Crippen LogP contribution < -0.4 is 4.90 Å². The van der Waals surface area contributed by atoms with Crippen LogP contribution in [0.3, 0.4) is 0 Å². The maximum atomic E-state index is 10.2. The topological polar surface area (TPSA) is 41.9 Å². The molecule has 0 saturated carbocycles. The maximum absolute atomic E-state index is 10.2. The van der Waals surface area contributed by atoms with Crippen LogP contribution in [0.2, 0.25) is 0 Å². The van der Waals surface area contributed by atoms with Crippen LogP contribution in [0.15, 0.2) is 11.0 Å². The molecule has 1 aliphatic heterocycles. The second-order valence-electron chi connectivity index (χ2n) is 4.47. The molecule has 1 aromatic carbocycles. The summed E-state index contributed by atoms with van der Waals surface area (Å²) in [4.78, 5) is 2.89. The summed E-state index contributed by atoms with van der Waals surface area (Å²) >= 11 is 3.05. The fourth-order valence-electron chi connectivity index (χ4n) is 2.41. The second kappa shape index (κ2) is 6.26. The van der Waals surface area contributed by atoms with Crippen molar-refractivity contribution in [3.05, 3.63) is 17.2 Å². The molecule has 0 amide bonds. The molecule has 4 nitrogen and oxygen atoms in total. The Hall–Kier alpha value is -0.560. The Morgan fingerprint density at radius 3 is 2.74 bits per heavy atom. The van der Waals surface area contributed by atoms with Gasteiger partial charge in [0.15, 0.2) is 0 Å². The Morgan fingerprint density at radius 1 is 1.42 bits per heavy atom. The fraction of sp³-hybridized carbons (Fsp3) is 0.538. The van der Waals surface area contributed by atoms with E-state index in [9.17, 15) is 5.11 Å². The Balaban J connectivity index is 2.63. The zero-order valence-corrected chi connectivity index (χ0v) is 13.2. The molecule has 0 bridgehead atoms. The first kappa shape index (κ1) is 14.8. The van der Waals surface area contributed by atoms with Gasteiger partial charge in [-0.2, -0.15) is 0 Å². The number of hydrogen-bond acceptors (Lipinski definition) is 6. The first-order valence-corrected chi connectivity index (χ1v) is 7.80. The van der Waals surface area contributed by atoms with Crippen molar-refractivity contribution >= 4 is 29.5 Å². The highest BCUT2D eigenvalue weighted by atomic mass is 32.2. The van der Waals surface area contributed by atoms with Gasteiger partial charge < -0.3 is 18.9 Å². The highest BCUT2D eigenvalue weighted by Gasteiger charge is 2.29. The number of phenols is 1. The van der Waals surface area contributed by atoms with Gasteiger partial charge in [0.1, 0.15) is 11.2 Å². The Labute approximate surface area is 122 Å². The molecular weight excluding hydrogens is 282 g/mol. The molecule has 19 heavy (non-hydrogen) atoms. The summed E-state index contributed by atoms with van der Waals surface area (Å²) < 4.78 is 10.7. The van der Waals surface area contributed by atoms with Crippen molar-refractivity contribution in [2.45, 2.75) is 16.8 Å². The largest absolute Gasteiger partial charge is 0.506 e. The van der Waals surface area contributed by atoms with E-state index >= 15 is 0 Å². The Bertz CT molecular complexity index is 466. The highest BCUT2D eigenvalue weighted by Crippen LogP contribution is 2.48. The van der Waals surface area contributed by atoms with Crippen LogP contribution in [0.4, 0.5) is 5.69 Å². The lowest BCUT2D eigenvalue weighted by Crippen LogP contribution is -2.18. The molecule has 106 valence electrons. The molecule has 0 unspecified atom stereocenters. The van der Waals surface area contributed by atoms with Gasteiger partial charge in [0, 0.05) is 49.5 Å². The molecule has 0 fully saturated rings. The van der Waals surface area contributed by atoms with Gasteiger partial charge in [-0.3, -0.25) is 0 Å². The van der Waals surface area contributed by atoms with E-state index in [1.807, 2.05) is 19.0 Å². The third-order valence-corrected chi connectivity index (χ3v) is 4.93. The predicted molar refractivity (Wildman–Crippen MR) is 81.2 cm³/mol. The van der Waals surface area contributed by atoms with Crippen molar-refractivity contribution in [2.75, 3.05) is 39.0 Å². The molecule has 0 radical (unpaired) electrons. The monoisotopic (exact) mass is 301 g/mol. The van der Waals surface area contributed by atoms with Gasteiger partial charge in [-0.05, 0) is 18.1 Å². The molecular formula is C13H19NO3S2. The fourth-order valence-corrected chi connectivity index (χ4v) is 4.25. The molecule has 1 heterocycles. The lowest BCUT2D eigenvalue weighted by molar-refractivity contribution is 0.171. The number of nitrogens with zero attached hydrogens (tertiary/aromatic N) is 1. The number of phenolic OH excluding ortho intramolecular Hbond substituents is 1. The summed E-state index contributed by atoms with van der Waals surface area (Å²) in [6.45, 7) is 0. The number of benzene rings is 1. The summed E-state index contributed by atoms with van der Waals surface area (Å²) in [5.74, 6) is 1.29. The number of methoxy groups -OCH3 is 1. The van der Waals surface area contributed by atoms with E-state index in [1.54, 1.807) is 32.0 Å². The third-order valence-electron chi connectivity index (χ3n) is 3.08. The summed E-state index contributed by atoms with van der Waals surface area (Å²) in [5.41, 5.74) is 3.18. The number of fused-ring (bicyclic) bond motifs is 1. The number of aromatic hydroxyl groups is 1. The lowest BCUT2D eigenvalue weighted by atomic mass is 10.0. The molecule has 2 rings (SSSR count). The molecule has 0 aliphatic carbocycles. The van der Waals surface area contributed by atoms with Gasteiger partial charge in [0.2, 0.25) is 0 Å². The first-order valence-electron chi connectivity index (χ1n) is 6.01. The number of thioether (sulfide) groups is 1. The van der Waals surface area contributed by atoms with Gasteiger partial charge in [-0.15, -0.1) is 11.8 Å². The summed E-state index contributed by atoms with van der Waals surface area (Å²) in [7, 11) is 7.24. The zero-order valence-electron chi connectivity index (χ0n) is 11.6. The first-order chi connectivity index (χ1) is 9.10. The van der Waals surface area contributed by atoms with Gasteiger partial charge in [0.05, 0.1) is 12.8 Å². The van der Waals surface area contributed by atoms with E-state index in [-0.39, 0.29) is 5.44 Å². The van der Waals surface area contributed by atoms with E-state index < -0.39 is 0 Å². The minimum Gasteiger partial charge on any atom is -0.506 e. The SMILES string of the molecule is COSc1cc(O)c(N(C)C)c2c1[C@H](OC)SCC2. The van der Waals surface area contributed by atoms with E-state index in [0.717, 1.165) is 33.9 Å². The van der Waals surface area contributed by atoms with Crippen LogP contribution in [0, 0.1) is 0 Å². The van der Waals surface area contributed by atoms with E-state index in [0.29, 0.717) is 5.75 Å². The molecule has 0 spiro atoms. The van der Waals surface area contributed by atoms with Crippen molar-refractivity contribution in [3.8, 4) is 5.75 Å². The minimum atomic E-state index is 0.000648. The van der Waals surface area contributed by atoms with Crippen LogP contribution in [0.25, 0.3) is 0 Å². The average Bonchev–Trinajstić information content (AvgIpc) is 2.37. The van der Waals surface area contributed by atoms with E-state index in [1.165, 1.54) is 12.0 Å². The van der Waals surface area contributed by atoms with Crippen LogP contribution >= 0.6 is 23.8 Å². The van der Waals surface area contributed by atoms with Crippen LogP contribution in [0.5, 0.6) is 5.75 Å². The lowest BCUT2D eigenvalue weighted by Gasteiger charge is -2.30. The average molecular weight is 301 g/mol. The summed E-state index contributed by atoms with van der Waals surface area (Å²) in [5, 5.41) is 10.2.